The Labute approximate surface area is 155 Å². The van der Waals surface area contributed by atoms with E-state index in [2.05, 4.69) is 15.4 Å². The van der Waals surface area contributed by atoms with Crippen molar-refractivity contribution in [3.63, 3.8) is 0 Å². The number of rotatable bonds is 5. The summed E-state index contributed by atoms with van der Waals surface area (Å²) >= 11 is 0. The van der Waals surface area contributed by atoms with Gasteiger partial charge in [-0.25, -0.2) is 9.48 Å². The first-order chi connectivity index (χ1) is 12.9. The number of benzene rings is 2. The Balaban J connectivity index is 1.73. The minimum Gasteiger partial charge on any atom is -0.324 e. The maximum Gasteiger partial charge on any atom is 0.365 e. The fraction of sp³-hybridized carbons (Fsp3) is 0.150. The van der Waals surface area contributed by atoms with Crippen molar-refractivity contribution in [1.29, 1.82) is 0 Å². The van der Waals surface area contributed by atoms with Crippen LogP contribution in [-0.2, 0) is 11.3 Å². The number of amides is 1. The summed E-state index contributed by atoms with van der Waals surface area (Å²) in [5, 5.41) is 6.68. The lowest BCUT2D eigenvalue weighted by atomic mass is 10.1. The van der Waals surface area contributed by atoms with Crippen LogP contribution in [0.5, 0.6) is 0 Å². The molecule has 0 aliphatic heterocycles. The highest BCUT2D eigenvalue weighted by molar-refractivity contribution is 5.97. The number of Topliss-reactive ketones (excluding diaryl/α,β-unsaturated/α-hetero) is 1. The van der Waals surface area contributed by atoms with Gasteiger partial charge in [-0.15, -0.1) is 0 Å². The molecule has 1 N–H and O–H groups in total. The molecule has 0 unspecified atom stereocenters. The third kappa shape index (κ3) is 4.52. The molecule has 0 saturated heterocycles. The Morgan fingerprint density at radius 2 is 1.85 bits per heavy atom. The zero-order chi connectivity index (χ0) is 19.4. The molecule has 3 rings (SSSR count). The first-order valence-electron chi connectivity index (χ1n) is 8.34. The van der Waals surface area contributed by atoms with E-state index in [4.69, 9.17) is 0 Å². The molecule has 0 spiro atoms. The highest BCUT2D eigenvalue weighted by Crippen LogP contribution is 2.15. The van der Waals surface area contributed by atoms with Gasteiger partial charge in [-0.05, 0) is 26.0 Å². The van der Waals surface area contributed by atoms with E-state index in [1.54, 1.807) is 24.3 Å². The molecule has 1 heterocycles. The Morgan fingerprint density at radius 1 is 1.11 bits per heavy atom. The van der Waals surface area contributed by atoms with Gasteiger partial charge in [0.2, 0.25) is 5.91 Å². The monoisotopic (exact) mass is 362 g/mol. The molecule has 136 valence electrons. The lowest BCUT2D eigenvalue weighted by Gasteiger charge is -2.08. The van der Waals surface area contributed by atoms with Crippen molar-refractivity contribution >= 4 is 17.4 Å². The Kier molecular flexibility index (Phi) is 5.21. The minimum atomic E-state index is -0.610. The van der Waals surface area contributed by atoms with Crippen LogP contribution in [0.3, 0.4) is 0 Å². The summed E-state index contributed by atoms with van der Waals surface area (Å²) in [6, 6.07) is 14.1. The zero-order valence-electron chi connectivity index (χ0n) is 15.0. The molecule has 1 amide bonds. The number of nitrogens with zero attached hydrogens (tertiary/aromatic N) is 3. The highest BCUT2D eigenvalue weighted by Gasteiger charge is 2.10. The predicted octanol–water partition coefficient (Wildman–Crippen LogP) is 2.46. The SMILES string of the molecule is CC(=O)c1cccc(NC(=O)Cn2ncc(-c3ccc(C)cc3)nc2=O)c1. The predicted molar refractivity (Wildman–Crippen MR) is 102 cm³/mol. The van der Waals surface area contributed by atoms with Gasteiger partial charge >= 0.3 is 5.69 Å². The van der Waals surface area contributed by atoms with E-state index >= 15 is 0 Å². The third-order valence-corrected chi connectivity index (χ3v) is 3.95. The molecule has 3 aromatic rings. The lowest BCUT2D eigenvalue weighted by Crippen LogP contribution is -2.31. The van der Waals surface area contributed by atoms with Crippen LogP contribution in [0.15, 0.2) is 59.5 Å². The van der Waals surface area contributed by atoms with Crippen molar-refractivity contribution < 1.29 is 9.59 Å². The summed E-state index contributed by atoms with van der Waals surface area (Å²) in [4.78, 5) is 39.8. The number of hydrogen-bond donors (Lipinski definition) is 1. The van der Waals surface area contributed by atoms with Crippen molar-refractivity contribution in [3.05, 3.63) is 76.3 Å². The Morgan fingerprint density at radius 3 is 2.52 bits per heavy atom. The van der Waals surface area contributed by atoms with E-state index < -0.39 is 11.6 Å². The smallest absolute Gasteiger partial charge is 0.324 e. The van der Waals surface area contributed by atoms with Crippen LogP contribution in [0.25, 0.3) is 11.3 Å². The standard InChI is InChI=1S/C20H18N4O3/c1-13-6-8-15(9-7-13)18-11-21-24(20(27)23-18)12-19(26)22-17-5-3-4-16(10-17)14(2)25/h3-11H,12H2,1-2H3,(H,22,26). The molecule has 7 heteroatoms. The molecule has 0 atom stereocenters. The quantitative estimate of drug-likeness (QED) is 0.704. The number of hydrogen-bond acceptors (Lipinski definition) is 5. The van der Waals surface area contributed by atoms with Gasteiger partial charge in [-0.2, -0.15) is 10.1 Å². The van der Waals surface area contributed by atoms with Gasteiger partial charge in [0.05, 0.1) is 11.9 Å². The molecule has 0 fully saturated rings. The molecule has 7 nitrogen and oxygen atoms in total. The molecule has 2 aromatic carbocycles. The fourth-order valence-corrected chi connectivity index (χ4v) is 2.49. The number of carbonyl (C=O) groups excluding carboxylic acids is 2. The number of carbonyl (C=O) groups is 2. The summed E-state index contributed by atoms with van der Waals surface area (Å²) in [6.45, 7) is 3.15. The first kappa shape index (κ1) is 18.2. The van der Waals surface area contributed by atoms with E-state index in [0.29, 0.717) is 16.9 Å². The average Bonchev–Trinajstić information content (AvgIpc) is 2.64. The number of ketones is 1. The van der Waals surface area contributed by atoms with Gasteiger partial charge in [-0.1, -0.05) is 42.0 Å². The third-order valence-electron chi connectivity index (χ3n) is 3.95. The van der Waals surface area contributed by atoms with Crippen LogP contribution < -0.4 is 11.0 Å². The maximum atomic E-state index is 12.2. The number of aryl methyl sites for hydroxylation is 1. The fourth-order valence-electron chi connectivity index (χ4n) is 2.49. The van der Waals surface area contributed by atoms with Crippen molar-refractivity contribution in [1.82, 2.24) is 14.8 Å². The summed E-state index contributed by atoms with van der Waals surface area (Å²) in [5.74, 6) is -0.532. The van der Waals surface area contributed by atoms with Crippen LogP contribution in [0, 0.1) is 6.92 Å². The van der Waals surface area contributed by atoms with Crippen LogP contribution in [0.1, 0.15) is 22.8 Å². The molecule has 27 heavy (non-hydrogen) atoms. The molecule has 0 bridgehead atoms. The van der Waals surface area contributed by atoms with Crippen molar-refractivity contribution in [2.75, 3.05) is 5.32 Å². The summed E-state index contributed by atoms with van der Waals surface area (Å²) in [6.07, 6.45) is 1.45. The first-order valence-corrected chi connectivity index (χ1v) is 8.34. The van der Waals surface area contributed by atoms with Crippen molar-refractivity contribution in [2.24, 2.45) is 0 Å². The number of anilines is 1. The van der Waals surface area contributed by atoms with Crippen LogP contribution >= 0.6 is 0 Å². The van der Waals surface area contributed by atoms with Crippen LogP contribution in [0.4, 0.5) is 5.69 Å². The molecular formula is C20H18N4O3. The van der Waals surface area contributed by atoms with E-state index in [1.165, 1.54) is 13.1 Å². The summed E-state index contributed by atoms with van der Waals surface area (Å²) < 4.78 is 0.988. The molecule has 0 aliphatic carbocycles. The van der Waals surface area contributed by atoms with Crippen molar-refractivity contribution in [3.8, 4) is 11.3 Å². The highest BCUT2D eigenvalue weighted by atomic mass is 16.2. The van der Waals surface area contributed by atoms with Crippen LogP contribution in [-0.4, -0.2) is 26.5 Å². The number of nitrogens with one attached hydrogen (secondary N) is 1. The normalized spacial score (nSPS) is 10.4. The van der Waals surface area contributed by atoms with Gasteiger partial charge < -0.3 is 5.32 Å². The summed E-state index contributed by atoms with van der Waals surface area (Å²) in [7, 11) is 0. The molecule has 0 radical (unpaired) electrons. The Bertz CT molecular complexity index is 1060. The van der Waals surface area contributed by atoms with E-state index in [-0.39, 0.29) is 12.3 Å². The molecule has 1 aromatic heterocycles. The maximum absolute atomic E-state index is 12.2. The van der Waals surface area contributed by atoms with Crippen molar-refractivity contribution in [2.45, 2.75) is 20.4 Å². The second kappa shape index (κ2) is 7.74. The van der Waals surface area contributed by atoms with Gasteiger partial charge in [0.25, 0.3) is 0 Å². The van der Waals surface area contributed by atoms with E-state index in [9.17, 15) is 14.4 Å². The Hall–Kier alpha value is -3.61. The summed E-state index contributed by atoms with van der Waals surface area (Å²) in [5.41, 5.74) is 2.69. The lowest BCUT2D eigenvalue weighted by molar-refractivity contribution is -0.117. The van der Waals surface area contributed by atoms with Gasteiger partial charge in [0, 0.05) is 16.8 Å². The van der Waals surface area contributed by atoms with E-state index in [0.717, 1.165) is 15.8 Å². The second-order valence-electron chi connectivity index (χ2n) is 6.13. The second-order valence-corrected chi connectivity index (χ2v) is 6.13. The molecule has 0 aliphatic rings. The minimum absolute atomic E-state index is 0.0973. The average molecular weight is 362 g/mol. The zero-order valence-corrected chi connectivity index (χ0v) is 15.0. The van der Waals surface area contributed by atoms with Gasteiger partial charge in [-0.3, -0.25) is 9.59 Å². The topological polar surface area (TPSA) is 93.9 Å². The van der Waals surface area contributed by atoms with Gasteiger partial charge in [0.15, 0.2) is 5.78 Å². The van der Waals surface area contributed by atoms with Gasteiger partial charge in [0.1, 0.15) is 6.54 Å². The molecular weight excluding hydrogens is 344 g/mol. The number of aromatic nitrogens is 3. The van der Waals surface area contributed by atoms with Crippen LogP contribution in [0.2, 0.25) is 0 Å². The molecule has 0 saturated carbocycles. The van der Waals surface area contributed by atoms with E-state index in [1.807, 2.05) is 31.2 Å². The largest absolute Gasteiger partial charge is 0.365 e.